The van der Waals surface area contributed by atoms with Gasteiger partial charge in [0.05, 0.1) is 17.6 Å². The molecule has 0 saturated heterocycles. The maximum absolute atomic E-state index is 5.61. The summed E-state index contributed by atoms with van der Waals surface area (Å²) in [6.07, 6.45) is 2.36. The zero-order valence-corrected chi connectivity index (χ0v) is 14.2. The fourth-order valence-corrected chi connectivity index (χ4v) is 6.74. The lowest BCUT2D eigenvalue weighted by atomic mass is 10.4. The topological polar surface area (TPSA) is 52.0 Å². The minimum Gasteiger partial charge on any atom is -0.330 e. The number of benzene rings is 1. The highest BCUT2D eigenvalue weighted by Gasteiger charge is 2.11. The molecule has 1 aromatic rings. The molecule has 0 saturated carbocycles. The molecule has 0 aliphatic rings. The molecule has 4 N–H and O–H groups in total. The van der Waals surface area contributed by atoms with Crippen LogP contribution < -0.4 is 21.8 Å². The number of hydrogen-bond donors (Lipinski definition) is 2. The molecule has 0 aliphatic carbocycles. The van der Waals surface area contributed by atoms with Crippen molar-refractivity contribution in [2.75, 3.05) is 13.1 Å². The summed E-state index contributed by atoms with van der Waals surface area (Å²) in [6.45, 7) is 6.55. The van der Waals surface area contributed by atoms with Crippen LogP contribution in [0.15, 0.2) is 24.3 Å². The van der Waals surface area contributed by atoms with Crippen LogP contribution in [-0.2, 0) is 0 Å². The number of nitrogens with two attached hydrogens (primary N) is 2. The highest BCUT2D eigenvalue weighted by atomic mass is 28.3. The second-order valence-corrected chi connectivity index (χ2v) is 11.4. The first-order valence-corrected chi connectivity index (χ1v) is 12.3. The van der Waals surface area contributed by atoms with Crippen LogP contribution in [0.5, 0.6) is 0 Å². The molecule has 1 rings (SSSR count). The summed E-state index contributed by atoms with van der Waals surface area (Å²) in [7, 11) is -1.51. The van der Waals surface area contributed by atoms with Gasteiger partial charge < -0.3 is 11.5 Å². The van der Waals surface area contributed by atoms with Crippen LogP contribution in [0.2, 0.25) is 25.2 Å². The van der Waals surface area contributed by atoms with E-state index >= 15 is 0 Å². The van der Waals surface area contributed by atoms with Crippen LogP contribution in [-0.4, -0.2) is 30.7 Å². The Bertz CT molecular complexity index is 315. The molecule has 0 bridgehead atoms. The Hall–Kier alpha value is -0.426. The van der Waals surface area contributed by atoms with Crippen LogP contribution in [0.1, 0.15) is 12.8 Å². The van der Waals surface area contributed by atoms with E-state index in [1.54, 1.807) is 10.4 Å². The first kappa shape index (κ1) is 15.6. The normalized spacial score (nSPS) is 14.4. The Balaban J connectivity index is 2.66. The van der Waals surface area contributed by atoms with E-state index in [0.717, 1.165) is 13.1 Å². The van der Waals surface area contributed by atoms with E-state index in [9.17, 15) is 0 Å². The highest BCUT2D eigenvalue weighted by molar-refractivity contribution is 6.75. The van der Waals surface area contributed by atoms with E-state index in [2.05, 4.69) is 37.4 Å². The van der Waals surface area contributed by atoms with Gasteiger partial charge >= 0.3 is 0 Å². The fraction of sp³-hybridized carbons (Fsp3) is 0.571. The van der Waals surface area contributed by atoms with Gasteiger partial charge in [0.25, 0.3) is 0 Å². The zero-order chi connectivity index (χ0) is 13.4. The molecule has 0 aromatic heterocycles. The lowest BCUT2D eigenvalue weighted by molar-refractivity contribution is 0.921. The third-order valence-corrected chi connectivity index (χ3v) is 9.27. The predicted molar refractivity (Wildman–Crippen MR) is 88.7 cm³/mol. The van der Waals surface area contributed by atoms with Gasteiger partial charge in [-0.1, -0.05) is 59.8 Å². The van der Waals surface area contributed by atoms with Gasteiger partial charge in [0.1, 0.15) is 0 Å². The van der Waals surface area contributed by atoms with Gasteiger partial charge in [-0.25, -0.2) is 0 Å². The van der Waals surface area contributed by atoms with Crippen LogP contribution in [0, 0.1) is 0 Å². The summed E-state index contributed by atoms with van der Waals surface area (Å²) in [5.41, 5.74) is 11.2. The molecule has 1 aromatic carbocycles. The van der Waals surface area contributed by atoms with Crippen molar-refractivity contribution in [2.45, 2.75) is 38.0 Å². The molecule has 0 fully saturated rings. The Morgan fingerprint density at radius 3 is 1.72 bits per heavy atom. The zero-order valence-electron chi connectivity index (χ0n) is 11.9. The second-order valence-electron chi connectivity index (χ2n) is 5.33. The lowest BCUT2D eigenvalue weighted by Crippen LogP contribution is -2.34. The average molecular weight is 281 g/mol. The maximum atomic E-state index is 5.61. The van der Waals surface area contributed by atoms with Crippen molar-refractivity contribution in [1.82, 2.24) is 0 Å². The summed E-state index contributed by atoms with van der Waals surface area (Å²) in [4.78, 5) is 0. The molecular formula is C14H28N2Si2. The highest BCUT2D eigenvalue weighted by Crippen LogP contribution is 2.01. The smallest absolute Gasteiger partial charge is 0.0678 e. The molecule has 0 aliphatic heterocycles. The first-order chi connectivity index (χ1) is 8.69. The minimum absolute atomic E-state index is 0.757. The van der Waals surface area contributed by atoms with E-state index in [4.69, 9.17) is 11.5 Å². The van der Waals surface area contributed by atoms with Crippen molar-refractivity contribution < 1.29 is 0 Å². The van der Waals surface area contributed by atoms with Crippen molar-refractivity contribution >= 4 is 28.0 Å². The van der Waals surface area contributed by atoms with Crippen molar-refractivity contribution in [3.05, 3.63) is 24.3 Å². The van der Waals surface area contributed by atoms with Crippen molar-refractivity contribution in [3.63, 3.8) is 0 Å². The van der Waals surface area contributed by atoms with Crippen LogP contribution >= 0.6 is 0 Å². The third-order valence-electron chi connectivity index (χ3n) is 3.73. The summed E-state index contributed by atoms with van der Waals surface area (Å²) < 4.78 is 0. The van der Waals surface area contributed by atoms with Crippen molar-refractivity contribution in [2.24, 2.45) is 11.5 Å². The largest absolute Gasteiger partial charge is 0.330 e. The standard InChI is InChI=1S/C14H28N2Si2/c1-17(10-4-8-15)13-6-3-7-14(12-13)18(2)11-5-9-16/h3,6-7,12,17-18H,4-5,8-11,15-16H2,1-2H3. The van der Waals surface area contributed by atoms with E-state index < -0.39 is 17.6 Å². The monoisotopic (exact) mass is 280 g/mol. The number of hydrogen-bond acceptors (Lipinski definition) is 2. The Morgan fingerprint density at radius 2 is 1.33 bits per heavy atom. The average Bonchev–Trinajstić information content (AvgIpc) is 2.42. The number of rotatable bonds is 8. The fourth-order valence-electron chi connectivity index (χ4n) is 2.35. The summed E-state index contributed by atoms with van der Waals surface area (Å²) in [5, 5.41) is 3.24. The van der Waals surface area contributed by atoms with E-state index in [1.165, 1.54) is 24.9 Å². The van der Waals surface area contributed by atoms with Gasteiger partial charge in [-0.3, -0.25) is 0 Å². The predicted octanol–water partition coefficient (Wildman–Crippen LogP) is 0.512. The molecule has 18 heavy (non-hydrogen) atoms. The van der Waals surface area contributed by atoms with Gasteiger partial charge in [0, 0.05) is 0 Å². The minimum atomic E-state index is -0.757. The summed E-state index contributed by atoms with van der Waals surface area (Å²) in [6, 6.07) is 12.0. The van der Waals surface area contributed by atoms with Gasteiger partial charge in [-0.05, 0) is 25.9 Å². The molecule has 0 heterocycles. The van der Waals surface area contributed by atoms with E-state index in [0.29, 0.717) is 0 Å². The molecule has 2 atom stereocenters. The summed E-state index contributed by atoms with van der Waals surface area (Å²) in [5.74, 6) is 0. The molecule has 2 unspecified atom stereocenters. The van der Waals surface area contributed by atoms with E-state index in [-0.39, 0.29) is 0 Å². The Kier molecular flexibility index (Phi) is 7.50. The molecule has 4 heteroatoms. The SMILES string of the molecule is C[SiH](CCCN)c1cccc([SiH](C)CCCN)c1. The molecule has 2 nitrogen and oxygen atoms in total. The van der Waals surface area contributed by atoms with Gasteiger partial charge in [-0.15, -0.1) is 0 Å². The van der Waals surface area contributed by atoms with Crippen molar-refractivity contribution in [3.8, 4) is 0 Å². The van der Waals surface area contributed by atoms with Crippen LogP contribution in [0.4, 0.5) is 0 Å². The quantitative estimate of drug-likeness (QED) is 0.682. The summed E-state index contributed by atoms with van der Waals surface area (Å²) >= 11 is 0. The van der Waals surface area contributed by atoms with Crippen LogP contribution in [0.25, 0.3) is 0 Å². The molecule has 102 valence electrons. The van der Waals surface area contributed by atoms with Gasteiger partial charge in [-0.2, -0.15) is 0 Å². The second kappa shape index (κ2) is 8.64. The van der Waals surface area contributed by atoms with Crippen LogP contribution in [0.3, 0.4) is 0 Å². The molecule has 0 spiro atoms. The Labute approximate surface area is 115 Å². The van der Waals surface area contributed by atoms with Gasteiger partial charge in [0.2, 0.25) is 0 Å². The molecular weight excluding hydrogens is 252 g/mol. The third kappa shape index (κ3) is 5.06. The van der Waals surface area contributed by atoms with Crippen molar-refractivity contribution in [1.29, 1.82) is 0 Å². The lowest BCUT2D eigenvalue weighted by Gasteiger charge is -2.14. The Morgan fingerprint density at radius 1 is 0.889 bits per heavy atom. The molecule has 0 radical (unpaired) electrons. The molecule has 0 amide bonds. The van der Waals surface area contributed by atoms with Gasteiger partial charge in [0.15, 0.2) is 0 Å². The maximum Gasteiger partial charge on any atom is 0.0678 e. The van der Waals surface area contributed by atoms with E-state index in [1.807, 2.05) is 0 Å². The first-order valence-electron chi connectivity index (χ1n) is 7.19.